The van der Waals surface area contributed by atoms with Crippen LogP contribution in [0.15, 0.2) is 29.4 Å². The summed E-state index contributed by atoms with van der Waals surface area (Å²) in [5.41, 5.74) is 4.47. The highest BCUT2D eigenvalue weighted by Gasteiger charge is 1.96. The minimum Gasteiger partial charge on any atom is -0.508 e. The fourth-order valence-corrected chi connectivity index (χ4v) is 0.963. The summed E-state index contributed by atoms with van der Waals surface area (Å²) in [5.74, 6) is 0.262. The van der Waals surface area contributed by atoms with Gasteiger partial charge in [-0.25, -0.2) is 0 Å². The van der Waals surface area contributed by atoms with Gasteiger partial charge in [-0.1, -0.05) is 12.1 Å². The summed E-state index contributed by atoms with van der Waals surface area (Å²) in [6.07, 6.45) is 0. The molecular weight excluding hydrogens is 152 g/mol. The molecule has 1 aromatic rings. The number of rotatable bonds is 2. The van der Waals surface area contributed by atoms with Crippen molar-refractivity contribution >= 4 is 5.71 Å². The van der Waals surface area contributed by atoms with Gasteiger partial charge in [0.2, 0.25) is 0 Å². The molecule has 0 saturated carbocycles. The van der Waals surface area contributed by atoms with E-state index in [0.29, 0.717) is 0 Å². The molecule has 2 N–H and O–H groups in total. The van der Waals surface area contributed by atoms with Crippen LogP contribution in [-0.2, 0) is 0 Å². The van der Waals surface area contributed by atoms with Gasteiger partial charge in [0.1, 0.15) is 5.75 Å². The first kappa shape index (κ1) is 8.59. The second-order valence-electron chi connectivity index (χ2n) is 2.47. The van der Waals surface area contributed by atoms with Gasteiger partial charge in [0.15, 0.2) is 0 Å². The number of phenolic OH excluding ortho intramolecular Hbond substituents is 1. The Bertz CT molecular complexity index is 294. The number of hydrogen-bond acceptors (Lipinski definition) is 3. The maximum atomic E-state index is 9.15. The molecule has 0 radical (unpaired) electrons. The molecule has 0 bridgehead atoms. The summed E-state index contributed by atoms with van der Waals surface area (Å²) in [6, 6.07) is 7.00. The monoisotopic (exact) mass is 164 g/mol. The van der Waals surface area contributed by atoms with Gasteiger partial charge in [-0.05, 0) is 19.1 Å². The Balaban J connectivity index is 2.95. The van der Waals surface area contributed by atoms with Crippen LogP contribution in [0.2, 0.25) is 0 Å². The zero-order valence-corrected chi connectivity index (χ0v) is 7.20. The molecule has 0 heterocycles. The molecule has 0 unspecified atom stereocenters. The highest BCUT2D eigenvalue weighted by molar-refractivity contribution is 5.98. The number of nitrogens with zero attached hydrogens (tertiary/aromatic N) is 1. The Labute approximate surface area is 71.7 Å². The Kier molecular flexibility index (Phi) is 2.69. The number of benzene rings is 1. The fraction of sp³-hybridized carbons (Fsp3) is 0.222. The molecule has 0 amide bonds. The Morgan fingerprint density at radius 2 is 2.25 bits per heavy atom. The molecule has 0 spiro atoms. The maximum absolute atomic E-state index is 9.15. The van der Waals surface area contributed by atoms with E-state index in [1.54, 1.807) is 25.2 Å². The van der Waals surface area contributed by atoms with Gasteiger partial charge in [0, 0.05) is 12.6 Å². The van der Waals surface area contributed by atoms with Crippen LogP contribution in [0.4, 0.5) is 0 Å². The summed E-state index contributed by atoms with van der Waals surface area (Å²) in [4.78, 5) is 0. The molecule has 0 aliphatic rings. The van der Waals surface area contributed by atoms with Gasteiger partial charge in [0.25, 0.3) is 0 Å². The van der Waals surface area contributed by atoms with E-state index >= 15 is 0 Å². The van der Waals surface area contributed by atoms with Crippen molar-refractivity contribution in [3.05, 3.63) is 29.8 Å². The van der Waals surface area contributed by atoms with Crippen LogP contribution in [0.25, 0.3) is 0 Å². The number of hydrogen-bond donors (Lipinski definition) is 2. The van der Waals surface area contributed by atoms with E-state index in [-0.39, 0.29) is 5.75 Å². The number of nitrogens with one attached hydrogen (secondary N) is 1. The summed E-state index contributed by atoms with van der Waals surface area (Å²) in [5, 5.41) is 13.1. The Morgan fingerprint density at radius 1 is 1.50 bits per heavy atom. The third kappa shape index (κ3) is 1.99. The Morgan fingerprint density at radius 3 is 2.83 bits per heavy atom. The van der Waals surface area contributed by atoms with E-state index in [1.165, 1.54) is 0 Å². The predicted molar refractivity (Wildman–Crippen MR) is 49.4 cm³/mol. The summed E-state index contributed by atoms with van der Waals surface area (Å²) in [7, 11) is 1.74. The number of aromatic hydroxyl groups is 1. The van der Waals surface area contributed by atoms with Crippen LogP contribution < -0.4 is 5.43 Å². The van der Waals surface area contributed by atoms with Crippen molar-refractivity contribution in [2.24, 2.45) is 5.10 Å². The summed E-state index contributed by atoms with van der Waals surface area (Å²) in [6.45, 7) is 1.88. The van der Waals surface area contributed by atoms with Gasteiger partial charge in [-0.2, -0.15) is 5.10 Å². The largest absolute Gasteiger partial charge is 0.508 e. The van der Waals surface area contributed by atoms with Gasteiger partial charge in [0.05, 0.1) is 5.71 Å². The maximum Gasteiger partial charge on any atom is 0.116 e. The molecule has 0 aliphatic carbocycles. The highest BCUT2D eigenvalue weighted by atomic mass is 16.3. The standard InChI is InChI=1S/C9H12N2O/c1-7(11-10-2)8-4-3-5-9(12)6-8/h3-6,10,12H,1-2H3/b11-7-. The van der Waals surface area contributed by atoms with Crippen molar-refractivity contribution < 1.29 is 5.11 Å². The zero-order valence-electron chi connectivity index (χ0n) is 7.20. The topological polar surface area (TPSA) is 44.6 Å². The van der Waals surface area contributed by atoms with Crippen LogP contribution in [-0.4, -0.2) is 17.9 Å². The van der Waals surface area contributed by atoms with E-state index in [9.17, 15) is 0 Å². The van der Waals surface area contributed by atoms with Gasteiger partial charge in [-0.3, -0.25) is 0 Å². The van der Waals surface area contributed by atoms with E-state index in [2.05, 4.69) is 10.5 Å². The van der Waals surface area contributed by atoms with E-state index in [0.717, 1.165) is 11.3 Å². The second-order valence-corrected chi connectivity index (χ2v) is 2.47. The zero-order chi connectivity index (χ0) is 8.97. The van der Waals surface area contributed by atoms with Crippen molar-refractivity contribution in [1.82, 2.24) is 5.43 Å². The van der Waals surface area contributed by atoms with Crippen LogP contribution in [0.3, 0.4) is 0 Å². The molecule has 3 heteroatoms. The molecule has 0 atom stereocenters. The normalized spacial score (nSPS) is 11.3. The smallest absolute Gasteiger partial charge is 0.116 e. The average Bonchev–Trinajstić information content (AvgIpc) is 2.05. The molecule has 0 aromatic heterocycles. The molecule has 1 rings (SSSR count). The Hall–Kier alpha value is -1.51. The SMILES string of the molecule is CN/N=C(/C)c1cccc(O)c1. The lowest BCUT2D eigenvalue weighted by atomic mass is 10.1. The molecule has 1 aromatic carbocycles. The van der Waals surface area contributed by atoms with Crippen molar-refractivity contribution in [3.63, 3.8) is 0 Å². The quantitative estimate of drug-likeness (QED) is 0.511. The third-order valence-corrected chi connectivity index (χ3v) is 1.54. The van der Waals surface area contributed by atoms with Gasteiger partial charge >= 0.3 is 0 Å². The third-order valence-electron chi connectivity index (χ3n) is 1.54. The van der Waals surface area contributed by atoms with E-state index in [1.807, 2.05) is 13.0 Å². The van der Waals surface area contributed by atoms with Gasteiger partial charge in [-0.15, -0.1) is 0 Å². The fourth-order valence-electron chi connectivity index (χ4n) is 0.963. The van der Waals surface area contributed by atoms with E-state index < -0.39 is 0 Å². The molecule has 12 heavy (non-hydrogen) atoms. The van der Waals surface area contributed by atoms with Crippen LogP contribution in [0.1, 0.15) is 12.5 Å². The number of phenols is 1. The molecule has 3 nitrogen and oxygen atoms in total. The lowest BCUT2D eigenvalue weighted by Crippen LogP contribution is -2.02. The van der Waals surface area contributed by atoms with Gasteiger partial charge < -0.3 is 10.5 Å². The predicted octanol–water partition coefficient (Wildman–Crippen LogP) is 1.34. The van der Waals surface area contributed by atoms with E-state index in [4.69, 9.17) is 5.11 Å². The van der Waals surface area contributed by atoms with Crippen molar-refractivity contribution in [1.29, 1.82) is 0 Å². The lowest BCUT2D eigenvalue weighted by Gasteiger charge is -2.00. The molecular formula is C9H12N2O. The molecule has 0 aliphatic heterocycles. The highest BCUT2D eigenvalue weighted by Crippen LogP contribution is 2.11. The minimum atomic E-state index is 0.262. The first-order valence-corrected chi connectivity index (χ1v) is 3.74. The first-order valence-electron chi connectivity index (χ1n) is 3.74. The lowest BCUT2D eigenvalue weighted by molar-refractivity contribution is 0.475. The summed E-state index contributed by atoms with van der Waals surface area (Å²) < 4.78 is 0. The molecule has 0 fully saturated rings. The molecule has 0 saturated heterocycles. The summed E-state index contributed by atoms with van der Waals surface area (Å²) >= 11 is 0. The van der Waals surface area contributed by atoms with Crippen molar-refractivity contribution in [3.8, 4) is 5.75 Å². The second kappa shape index (κ2) is 3.76. The molecule has 64 valence electrons. The first-order chi connectivity index (χ1) is 5.74. The number of hydrazone groups is 1. The van der Waals surface area contributed by atoms with Crippen molar-refractivity contribution in [2.75, 3.05) is 7.05 Å². The van der Waals surface area contributed by atoms with Crippen molar-refractivity contribution in [2.45, 2.75) is 6.92 Å². The average molecular weight is 164 g/mol. The van der Waals surface area contributed by atoms with Crippen LogP contribution in [0, 0.1) is 0 Å². The van der Waals surface area contributed by atoms with Crippen LogP contribution in [0.5, 0.6) is 5.75 Å². The van der Waals surface area contributed by atoms with Crippen LogP contribution >= 0.6 is 0 Å². The minimum absolute atomic E-state index is 0.262.